The number of imidazole rings is 1. The van der Waals surface area contributed by atoms with E-state index in [1.807, 2.05) is 61.2 Å². The predicted molar refractivity (Wildman–Crippen MR) is 120 cm³/mol. The van der Waals surface area contributed by atoms with Gasteiger partial charge in [-0.1, -0.05) is 58.6 Å². The summed E-state index contributed by atoms with van der Waals surface area (Å²) in [5.74, 6) is 8.29. The number of rotatable bonds is 7. The lowest BCUT2D eigenvalue weighted by atomic mass is 9.77. The zero-order valence-electron chi connectivity index (χ0n) is 18.5. The van der Waals surface area contributed by atoms with Crippen molar-refractivity contribution in [2.75, 3.05) is 6.61 Å². The van der Waals surface area contributed by atoms with Crippen molar-refractivity contribution in [3.8, 4) is 11.8 Å². The smallest absolute Gasteiger partial charge is 0.137 e. The van der Waals surface area contributed by atoms with E-state index in [1.54, 1.807) is 0 Å². The molecule has 0 bridgehead atoms. The third-order valence-corrected chi connectivity index (χ3v) is 4.24. The summed E-state index contributed by atoms with van der Waals surface area (Å²) in [6.45, 7) is 16.0. The second kappa shape index (κ2) is 9.15. The Balaban J connectivity index is 2.15. The summed E-state index contributed by atoms with van der Waals surface area (Å²) in [4.78, 5) is 4.72. The van der Waals surface area contributed by atoms with E-state index in [4.69, 9.17) is 9.72 Å². The van der Waals surface area contributed by atoms with Crippen LogP contribution in [0.4, 0.5) is 0 Å². The van der Waals surface area contributed by atoms with Gasteiger partial charge in [-0.3, -0.25) is 0 Å². The van der Waals surface area contributed by atoms with Gasteiger partial charge in [0.1, 0.15) is 11.6 Å². The van der Waals surface area contributed by atoms with E-state index < -0.39 is 0 Å². The van der Waals surface area contributed by atoms with E-state index in [0.717, 1.165) is 29.3 Å². The highest BCUT2D eigenvalue weighted by atomic mass is 16.5. The highest BCUT2D eigenvalue weighted by Crippen LogP contribution is 2.34. The Bertz CT molecular complexity index is 829. The SMILES string of the molecule is C/C=C\c1nc(C2=CC=C(OCC(C)(C)CC(C)(C)C)CC#C2)cn1/C=C\C. The van der Waals surface area contributed by atoms with Gasteiger partial charge in [0.2, 0.25) is 0 Å². The van der Waals surface area contributed by atoms with Crippen molar-refractivity contribution in [2.24, 2.45) is 10.8 Å². The van der Waals surface area contributed by atoms with Gasteiger partial charge in [-0.25, -0.2) is 4.98 Å². The number of nitrogens with zero attached hydrogens (tertiary/aromatic N) is 2. The molecule has 1 aromatic rings. The van der Waals surface area contributed by atoms with E-state index in [1.165, 1.54) is 0 Å². The van der Waals surface area contributed by atoms with Gasteiger partial charge in [0.15, 0.2) is 0 Å². The lowest BCUT2D eigenvalue weighted by molar-refractivity contribution is 0.0789. The van der Waals surface area contributed by atoms with Gasteiger partial charge in [0.25, 0.3) is 0 Å². The van der Waals surface area contributed by atoms with E-state index >= 15 is 0 Å². The Hall–Kier alpha value is -2.47. The van der Waals surface area contributed by atoms with Crippen molar-refractivity contribution in [3.63, 3.8) is 0 Å². The van der Waals surface area contributed by atoms with Crippen molar-refractivity contribution in [2.45, 2.75) is 61.3 Å². The van der Waals surface area contributed by atoms with Crippen LogP contribution < -0.4 is 0 Å². The predicted octanol–water partition coefficient (Wildman–Crippen LogP) is 6.56. The van der Waals surface area contributed by atoms with Crippen molar-refractivity contribution in [3.05, 3.63) is 47.8 Å². The van der Waals surface area contributed by atoms with Gasteiger partial charge in [-0.15, -0.1) is 0 Å². The fraction of sp³-hybridized carbons (Fsp3) is 0.480. The fourth-order valence-corrected chi connectivity index (χ4v) is 3.62. The van der Waals surface area contributed by atoms with Crippen LogP contribution in [-0.4, -0.2) is 16.2 Å². The number of aromatic nitrogens is 2. The molecule has 0 atom stereocenters. The number of hydrogen-bond acceptors (Lipinski definition) is 2. The monoisotopic (exact) mass is 378 g/mol. The van der Waals surface area contributed by atoms with Gasteiger partial charge >= 0.3 is 0 Å². The van der Waals surface area contributed by atoms with Gasteiger partial charge < -0.3 is 9.30 Å². The van der Waals surface area contributed by atoms with Crippen LogP contribution in [0.25, 0.3) is 17.8 Å². The summed E-state index contributed by atoms with van der Waals surface area (Å²) >= 11 is 0. The molecule has 0 fully saturated rings. The molecule has 0 spiro atoms. The molecule has 1 aliphatic carbocycles. The molecule has 1 aliphatic rings. The van der Waals surface area contributed by atoms with Crippen LogP contribution in [0.3, 0.4) is 0 Å². The molecule has 3 nitrogen and oxygen atoms in total. The first-order chi connectivity index (χ1) is 13.1. The second-order valence-electron chi connectivity index (χ2n) is 9.26. The molecule has 0 unspecified atom stereocenters. The summed E-state index contributed by atoms with van der Waals surface area (Å²) in [6, 6.07) is 0. The highest BCUT2D eigenvalue weighted by Gasteiger charge is 2.26. The minimum absolute atomic E-state index is 0.123. The maximum atomic E-state index is 6.13. The summed E-state index contributed by atoms with van der Waals surface area (Å²) in [5.41, 5.74) is 2.21. The summed E-state index contributed by atoms with van der Waals surface area (Å²) < 4.78 is 8.14. The zero-order valence-corrected chi connectivity index (χ0v) is 18.5. The zero-order chi connectivity index (χ0) is 20.8. The van der Waals surface area contributed by atoms with Gasteiger partial charge in [0, 0.05) is 12.4 Å². The van der Waals surface area contributed by atoms with E-state index in [2.05, 4.69) is 46.5 Å². The molecule has 1 aromatic heterocycles. The molecule has 0 aromatic carbocycles. The quantitative estimate of drug-likeness (QED) is 0.502. The maximum absolute atomic E-state index is 6.13. The first kappa shape index (κ1) is 21.8. The molecule has 0 N–H and O–H groups in total. The summed E-state index contributed by atoms with van der Waals surface area (Å²) in [7, 11) is 0. The molecule has 150 valence electrons. The average Bonchev–Trinajstić information content (AvgIpc) is 2.82. The molecule has 2 rings (SSSR count). The van der Waals surface area contributed by atoms with E-state index in [9.17, 15) is 0 Å². The van der Waals surface area contributed by atoms with Crippen LogP contribution in [0.15, 0.2) is 36.3 Å². The third-order valence-electron chi connectivity index (χ3n) is 4.24. The molecule has 0 saturated carbocycles. The van der Waals surface area contributed by atoms with Crippen molar-refractivity contribution in [1.29, 1.82) is 0 Å². The Labute approximate surface area is 170 Å². The van der Waals surface area contributed by atoms with Crippen LogP contribution in [0.2, 0.25) is 0 Å². The number of allylic oxidation sites excluding steroid dienone is 6. The second-order valence-corrected chi connectivity index (χ2v) is 9.26. The van der Waals surface area contributed by atoms with Gasteiger partial charge in [-0.05, 0) is 49.3 Å². The third kappa shape index (κ3) is 6.60. The molecule has 0 aliphatic heterocycles. The van der Waals surface area contributed by atoms with Gasteiger partial charge in [0.05, 0.1) is 24.3 Å². The Kier molecular flexibility index (Phi) is 7.13. The first-order valence-corrected chi connectivity index (χ1v) is 10.0. The van der Waals surface area contributed by atoms with Crippen molar-refractivity contribution < 1.29 is 4.74 Å². The van der Waals surface area contributed by atoms with E-state index in [0.29, 0.717) is 13.0 Å². The van der Waals surface area contributed by atoms with Crippen LogP contribution >= 0.6 is 0 Å². The summed E-state index contributed by atoms with van der Waals surface area (Å²) in [6.07, 6.45) is 15.8. The molecular formula is C25H34N2O. The average molecular weight is 379 g/mol. The van der Waals surface area contributed by atoms with Crippen molar-refractivity contribution >= 4 is 17.8 Å². The van der Waals surface area contributed by atoms with Crippen LogP contribution in [0, 0.1) is 22.7 Å². The molecule has 1 heterocycles. The number of ether oxygens (including phenoxy) is 1. The standard InChI is InChI=1S/C25H34N2O/c1-8-11-23-26-22(17-27(23)16-9-2)20-12-10-13-21(15-14-20)28-19-25(6,7)18-24(3,4)5/h8-9,11,14-17H,13,18-19H2,1-7H3/b11-8-,16-9-. The molecule has 0 amide bonds. The maximum Gasteiger partial charge on any atom is 0.137 e. The Morgan fingerprint density at radius 3 is 2.54 bits per heavy atom. The Morgan fingerprint density at radius 2 is 1.89 bits per heavy atom. The molecule has 3 heteroatoms. The van der Waals surface area contributed by atoms with Crippen LogP contribution in [0.5, 0.6) is 0 Å². The Morgan fingerprint density at radius 1 is 1.14 bits per heavy atom. The number of hydrogen-bond donors (Lipinski definition) is 0. The fourth-order valence-electron chi connectivity index (χ4n) is 3.62. The largest absolute Gasteiger partial charge is 0.496 e. The molecular weight excluding hydrogens is 344 g/mol. The van der Waals surface area contributed by atoms with E-state index in [-0.39, 0.29) is 10.8 Å². The lowest BCUT2D eigenvalue weighted by Gasteiger charge is -2.32. The minimum Gasteiger partial charge on any atom is -0.496 e. The van der Waals surface area contributed by atoms with Crippen LogP contribution in [-0.2, 0) is 4.74 Å². The molecule has 28 heavy (non-hydrogen) atoms. The lowest BCUT2D eigenvalue weighted by Crippen LogP contribution is -2.25. The topological polar surface area (TPSA) is 27.1 Å². The van der Waals surface area contributed by atoms with Crippen molar-refractivity contribution in [1.82, 2.24) is 9.55 Å². The molecule has 0 radical (unpaired) electrons. The normalized spacial score (nSPS) is 15.2. The van der Waals surface area contributed by atoms with Gasteiger partial charge in [-0.2, -0.15) is 0 Å². The molecule has 0 saturated heterocycles. The first-order valence-electron chi connectivity index (χ1n) is 10.0. The van der Waals surface area contributed by atoms with Crippen LogP contribution in [0.1, 0.15) is 72.8 Å². The highest BCUT2D eigenvalue weighted by molar-refractivity contribution is 5.79. The minimum atomic E-state index is 0.123. The summed E-state index contributed by atoms with van der Waals surface area (Å²) in [5, 5.41) is 0.